The maximum atomic E-state index is 5.90. The van der Waals surface area contributed by atoms with E-state index in [1.807, 2.05) is 12.1 Å². The van der Waals surface area contributed by atoms with Crippen LogP contribution in [0.5, 0.6) is 0 Å². The molecule has 0 spiro atoms. The molecule has 18 heavy (non-hydrogen) atoms. The Kier molecular flexibility index (Phi) is 2.97. The van der Waals surface area contributed by atoms with Gasteiger partial charge in [-0.25, -0.2) is 9.97 Å². The molecule has 1 N–H and O–H groups in total. The number of H-pyrrole nitrogens is 1. The minimum absolute atomic E-state index is 0.242. The first kappa shape index (κ1) is 11.9. The second kappa shape index (κ2) is 4.50. The molecule has 0 amide bonds. The smallest absolute Gasteiger partial charge is 0.179 e. The maximum absolute atomic E-state index is 5.90. The van der Waals surface area contributed by atoms with Crippen molar-refractivity contribution in [3.63, 3.8) is 0 Å². The first-order valence-corrected chi connectivity index (χ1v) is 6.52. The number of nitrogens with one attached hydrogen (secondary N) is 1. The van der Waals surface area contributed by atoms with E-state index in [4.69, 9.17) is 23.2 Å². The fourth-order valence-electron chi connectivity index (χ4n) is 1.53. The largest absolute Gasteiger partial charge is 0.335 e. The summed E-state index contributed by atoms with van der Waals surface area (Å²) in [7, 11) is 0. The van der Waals surface area contributed by atoms with E-state index >= 15 is 0 Å². The molecule has 0 atom stereocenters. The van der Waals surface area contributed by atoms with Crippen molar-refractivity contribution < 1.29 is 0 Å². The molecule has 3 rings (SSSR count). The highest BCUT2D eigenvalue weighted by Crippen LogP contribution is 2.25. The van der Waals surface area contributed by atoms with E-state index in [9.17, 15) is 0 Å². The van der Waals surface area contributed by atoms with Crippen molar-refractivity contribution in [2.45, 2.75) is 0 Å². The van der Waals surface area contributed by atoms with Crippen molar-refractivity contribution >= 4 is 50.3 Å². The Bertz CT molecular complexity index is 685. The van der Waals surface area contributed by atoms with Gasteiger partial charge in [-0.1, -0.05) is 23.2 Å². The average Bonchev–Trinajstić information content (AvgIpc) is 2.73. The van der Waals surface area contributed by atoms with Gasteiger partial charge < -0.3 is 4.98 Å². The first-order valence-electron chi connectivity index (χ1n) is 4.97. The van der Waals surface area contributed by atoms with Crippen molar-refractivity contribution in [1.82, 2.24) is 19.9 Å². The summed E-state index contributed by atoms with van der Waals surface area (Å²) in [5.41, 5.74) is 1.97. The third kappa shape index (κ3) is 2.09. The van der Waals surface area contributed by atoms with Gasteiger partial charge in [0.25, 0.3) is 0 Å². The summed E-state index contributed by atoms with van der Waals surface area (Å²) in [4.78, 5) is 15.8. The molecule has 0 saturated heterocycles. The second-order valence-electron chi connectivity index (χ2n) is 3.58. The number of halogens is 3. The molecule has 7 heteroatoms. The predicted octanol–water partition coefficient (Wildman–Crippen LogP) is 4.09. The zero-order chi connectivity index (χ0) is 12.7. The number of aromatic amines is 1. The molecule has 0 aliphatic carbocycles. The highest BCUT2D eigenvalue weighted by molar-refractivity contribution is 9.10. The van der Waals surface area contributed by atoms with Gasteiger partial charge in [-0.05, 0) is 34.1 Å². The summed E-state index contributed by atoms with van der Waals surface area (Å²) < 4.78 is 0.909. The highest BCUT2D eigenvalue weighted by Gasteiger charge is 2.10. The molecule has 3 heterocycles. The van der Waals surface area contributed by atoms with Gasteiger partial charge in [-0.3, -0.25) is 4.98 Å². The van der Waals surface area contributed by atoms with Crippen LogP contribution in [0.15, 0.2) is 28.9 Å². The Morgan fingerprint density at radius 3 is 2.72 bits per heavy atom. The second-order valence-corrected chi connectivity index (χ2v) is 5.26. The van der Waals surface area contributed by atoms with Gasteiger partial charge in [0.05, 0.1) is 10.5 Å². The van der Waals surface area contributed by atoms with Crippen LogP contribution in [0.3, 0.4) is 0 Å². The lowest BCUT2D eigenvalue weighted by Crippen LogP contribution is -1.84. The standard InChI is InChI=1S/C11H5BrCl2N4/c12-5-1-2-7(15-4-5)10-16-8-3-6(13)9(14)17-11(8)18-10/h1-4H,(H,16,17,18). The molecule has 3 aromatic rings. The molecule has 0 aromatic carbocycles. The van der Waals surface area contributed by atoms with E-state index in [0.29, 0.717) is 16.5 Å². The van der Waals surface area contributed by atoms with Crippen molar-refractivity contribution in [3.8, 4) is 11.5 Å². The molecule has 0 aliphatic rings. The van der Waals surface area contributed by atoms with Crippen LogP contribution in [0.25, 0.3) is 22.7 Å². The van der Waals surface area contributed by atoms with Gasteiger partial charge in [0.2, 0.25) is 0 Å². The van der Waals surface area contributed by atoms with Crippen LogP contribution < -0.4 is 0 Å². The highest BCUT2D eigenvalue weighted by atomic mass is 79.9. The lowest BCUT2D eigenvalue weighted by molar-refractivity contribution is 1.22. The van der Waals surface area contributed by atoms with Crippen LogP contribution in [-0.4, -0.2) is 19.9 Å². The molecule has 0 unspecified atom stereocenters. The Morgan fingerprint density at radius 1 is 1.17 bits per heavy atom. The topological polar surface area (TPSA) is 54.5 Å². The number of nitrogens with zero attached hydrogens (tertiary/aromatic N) is 3. The van der Waals surface area contributed by atoms with Crippen molar-refractivity contribution in [1.29, 1.82) is 0 Å². The van der Waals surface area contributed by atoms with Gasteiger partial charge in [0, 0.05) is 10.7 Å². The average molecular weight is 344 g/mol. The minimum Gasteiger partial charge on any atom is -0.335 e. The van der Waals surface area contributed by atoms with E-state index in [0.717, 1.165) is 15.7 Å². The number of pyridine rings is 2. The van der Waals surface area contributed by atoms with Crippen LogP contribution in [0, 0.1) is 0 Å². The Hall–Kier alpha value is -1.17. The van der Waals surface area contributed by atoms with E-state index in [2.05, 4.69) is 35.9 Å². The predicted molar refractivity (Wildman–Crippen MR) is 74.8 cm³/mol. The third-order valence-corrected chi connectivity index (χ3v) is 3.50. The van der Waals surface area contributed by atoms with Crippen molar-refractivity contribution in [3.05, 3.63) is 39.0 Å². The zero-order valence-electron chi connectivity index (χ0n) is 8.78. The number of fused-ring (bicyclic) bond motifs is 1. The monoisotopic (exact) mass is 342 g/mol. The number of hydrogen-bond donors (Lipinski definition) is 1. The summed E-state index contributed by atoms with van der Waals surface area (Å²) in [5.74, 6) is 0.628. The molecule has 3 aromatic heterocycles. The van der Waals surface area contributed by atoms with Crippen molar-refractivity contribution in [2.75, 3.05) is 0 Å². The summed E-state index contributed by atoms with van der Waals surface area (Å²) in [5, 5.41) is 0.633. The van der Waals surface area contributed by atoms with Gasteiger partial charge in [-0.2, -0.15) is 0 Å². The third-order valence-electron chi connectivity index (χ3n) is 2.35. The van der Waals surface area contributed by atoms with Crippen molar-refractivity contribution in [2.24, 2.45) is 0 Å². The van der Waals surface area contributed by atoms with E-state index in [-0.39, 0.29) is 5.15 Å². The summed E-state index contributed by atoms with van der Waals surface area (Å²) in [6, 6.07) is 5.44. The van der Waals surface area contributed by atoms with Crippen LogP contribution in [0.1, 0.15) is 0 Å². The van der Waals surface area contributed by atoms with Gasteiger partial charge in [-0.15, -0.1) is 0 Å². The zero-order valence-corrected chi connectivity index (χ0v) is 11.9. The fraction of sp³-hybridized carbons (Fsp3) is 0. The molecule has 4 nitrogen and oxygen atoms in total. The Morgan fingerprint density at radius 2 is 2.00 bits per heavy atom. The molecular weight excluding hydrogens is 339 g/mol. The lowest BCUT2D eigenvalue weighted by atomic mass is 10.3. The Labute approximate surface area is 121 Å². The van der Waals surface area contributed by atoms with Gasteiger partial charge in [0.15, 0.2) is 11.5 Å². The summed E-state index contributed by atoms with van der Waals surface area (Å²) in [6.45, 7) is 0. The van der Waals surface area contributed by atoms with Crippen LogP contribution in [-0.2, 0) is 0 Å². The molecule has 0 saturated carbocycles. The lowest BCUT2D eigenvalue weighted by Gasteiger charge is -1.94. The maximum Gasteiger partial charge on any atom is 0.179 e. The molecule has 90 valence electrons. The number of rotatable bonds is 1. The molecule has 0 fully saturated rings. The molecular formula is C11H5BrCl2N4. The number of imidazole rings is 1. The Balaban J connectivity index is 2.16. The quantitative estimate of drug-likeness (QED) is 0.677. The summed E-state index contributed by atoms with van der Waals surface area (Å²) in [6.07, 6.45) is 1.70. The minimum atomic E-state index is 0.242. The fourth-order valence-corrected chi connectivity index (χ4v) is 2.05. The molecule has 0 bridgehead atoms. The number of aromatic nitrogens is 4. The first-order chi connectivity index (χ1) is 8.63. The normalized spacial score (nSPS) is 11.1. The van der Waals surface area contributed by atoms with E-state index < -0.39 is 0 Å². The SMILES string of the molecule is Clc1cc2[nH]c(-c3ccc(Br)cn3)nc2nc1Cl. The number of hydrogen-bond acceptors (Lipinski definition) is 3. The summed E-state index contributed by atoms with van der Waals surface area (Å²) >= 11 is 15.1. The van der Waals surface area contributed by atoms with E-state index in [1.165, 1.54) is 0 Å². The molecule has 0 aliphatic heterocycles. The van der Waals surface area contributed by atoms with Crippen LogP contribution >= 0.6 is 39.1 Å². The van der Waals surface area contributed by atoms with Crippen LogP contribution in [0.4, 0.5) is 0 Å². The van der Waals surface area contributed by atoms with Gasteiger partial charge in [0.1, 0.15) is 10.8 Å². The van der Waals surface area contributed by atoms with E-state index in [1.54, 1.807) is 12.3 Å². The van der Waals surface area contributed by atoms with Crippen LogP contribution in [0.2, 0.25) is 10.2 Å². The molecule has 0 radical (unpaired) electrons. The van der Waals surface area contributed by atoms with Gasteiger partial charge >= 0.3 is 0 Å².